The summed E-state index contributed by atoms with van der Waals surface area (Å²) in [5.74, 6) is 5.92. The van der Waals surface area contributed by atoms with Crippen LogP contribution in [0.3, 0.4) is 0 Å². The van der Waals surface area contributed by atoms with Crippen molar-refractivity contribution in [1.82, 2.24) is 20.3 Å². The highest BCUT2D eigenvalue weighted by molar-refractivity contribution is 5.94. The molecule has 0 aliphatic rings. The van der Waals surface area contributed by atoms with Crippen LogP contribution in [0.15, 0.2) is 30.6 Å². The normalized spacial score (nSPS) is 9.62. The molecule has 0 aromatic carbocycles. The zero-order valence-electron chi connectivity index (χ0n) is 11.6. The number of hydrogen-bond acceptors (Lipinski definition) is 5. The van der Waals surface area contributed by atoms with Crippen molar-refractivity contribution in [3.05, 3.63) is 53.4 Å². The first kappa shape index (κ1) is 14.6. The summed E-state index contributed by atoms with van der Waals surface area (Å²) in [6, 6.07) is 5.21. The number of nitrogens with zero attached hydrogens (tertiary/aromatic N) is 3. The Kier molecular flexibility index (Phi) is 4.96. The molecule has 0 aliphatic carbocycles. The van der Waals surface area contributed by atoms with Crippen molar-refractivity contribution < 1.29 is 4.79 Å². The minimum atomic E-state index is -0.298. The average Bonchev–Trinajstić information content (AvgIpc) is 2.51. The SMILES string of the molecule is Cc1nccc(CNC(=O)c2ncccc2C#CCN)n1. The lowest BCUT2D eigenvalue weighted by molar-refractivity contribution is 0.0945. The zero-order chi connectivity index (χ0) is 15.1. The number of nitrogens with two attached hydrogens (primary N) is 1. The molecule has 21 heavy (non-hydrogen) atoms. The van der Waals surface area contributed by atoms with E-state index >= 15 is 0 Å². The maximum atomic E-state index is 12.2. The van der Waals surface area contributed by atoms with Crippen molar-refractivity contribution in [3.63, 3.8) is 0 Å². The van der Waals surface area contributed by atoms with E-state index in [4.69, 9.17) is 5.73 Å². The molecule has 2 aromatic heterocycles. The van der Waals surface area contributed by atoms with Crippen LogP contribution in [0.4, 0.5) is 0 Å². The van der Waals surface area contributed by atoms with Gasteiger partial charge in [0.2, 0.25) is 0 Å². The molecule has 106 valence electrons. The fourth-order valence-electron chi connectivity index (χ4n) is 1.69. The predicted octanol–water partition coefficient (Wildman–Crippen LogP) is 0.420. The van der Waals surface area contributed by atoms with E-state index in [1.54, 1.807) is 37.5 Å². The van der Waals surface area contributed by atoms with Gasteiger partial charge in [0.1, 0.15) is 11.5 Å². The van der Waals surface area contributed by atoms with Crippen LogP contribution in [-0.4, -0.2) is 27.4 Å². The molecule has 0 bridgehead atoms. The van der Waals surface area contributed by atoms with Crippen LogP contribution in [0.1, 0.15) is 27.6 Å². The van der Waals surface area contributed by atoms with Crippen LogP contribution in [0.25, 0.3) is 0 Å². The molecule has 0 aliphatic heterocycles. The molecule has 6 nitrogen and oxygen atoms in total. The molecule has 3 N–H and O–H groups in total. The van der Waals surface area contributed by atoms with Crippen molar-refractivity contribution in [2.24, 2.45) is 5.73 Å². The maximum Gasteiger partial charge on any atom is 0.271 e. The van der Waals surface area contributed by atoms with Crippen molar-refractivity contribution in [1.29, 1.82) is 0 Å². The summed E-state index contributed by atoms with van der Waals surface area (Å²) in [7, 11) is 0. The summed E-state index contributed by atoms with van der Waals surface area (Å²) < 4.78 is 0. The Morgan fingerprint density at radius 1 is 1.33 bits per heavy atom. The second kappa shape index (κ2) is 7.12. The summed E-state index contributed by atoms with van der Waals surface area (Å²) in [4.78, 5) is 24.5. The first-order valence-corrected chi connectivity index (χ1v) is 6.41. The largest absolute Gasteiger partial charge is 0.345 e. The molecule has 2 rings (SSSR count). The Bertz CT molecular complexity index is 702. The third-order valence-corrected chi connectivity index (χ3v) is 2.61. The van der Waals surface area contributed by atoms with E-state index in [9.17, 15) is 4.79 Å². The Morgan fingerprint density at radius 2 is 2.19 bits per heavy atom. The molecule has 0 saturated heterocycles. The van der Waals surface area contributed by atoms with Crippen molar-refractivity contribution in [3.8, 4) is 11.8 Å². The van der Waals surface area contributed by atoms with Crippen LogP contribution >= 0.6 is 0 Å². The van der Waals surface area contributed by atoms with Crippen molar-refractivity contribution in [2.45, 2.75) is 13.5 Å². The van der Waals surface area contributed by atoms with Gasteiger partial charge in [-0.1, -0.05) is 11.8 Å². The van der Waals surface area contributed by atoms with E-state index in [-0.39, 0.29) is 18.1 Å². The molecule has 2 aromatic rings. The summed E-state index contributed by atoms with van der Waals surface area (Å²) in [5.41, 5.74) is 6.92. The number of aryl methyl sites for hydroxylation is 1. The van der Waals surface area contributed by atoms with Gasteiger partial charge in [-0.15, -0.1) is 0 Å². The summed E-state index contributed by atoms with van der Waals surface area (Å²) >= 11 is 0. The first-order valence-electron chi connectivity index (χ1n) is 6.41. The van der Waals surface area contributed by atoms with E-state index in [2.05, 4.69) is 32.1 Å². The van der Waals surface area contributed by atoms with Gasteiger partial charge in [0.25, 0.3) is 5.91 Å². The lowest BCUT2D eigenvalue weighted by Crippen LogP contribution is -2.25. The van der Waals surface area contributed by atoms with E-state index in [0.717, 1.165) is 5.69 Å². The van der Waals surface area contributed by atoms with Crippen LogP contribution in [0, 0.1) is 18.8 Å². The second-order valence-electron chi connectivity index (χ2n) is 4.18. The molecule has 0 unspecified atom stereocenters. The summed E-state index contributed by atoms with van der Waals surface area (Å²) in [5, 5.41) is 2.77. The fraction of sp³-hybridized carbons (Fsp3) is 0.200. The number of rotatable bonds is 3. The lowest BCUT2D eigenvalue weighted by Gasteiger charge is -2.06. The fourth-order valence-corrected chi connectivity index (χ4v) is 1.69. The van der Waals surface area contributed by atoms with E-state index < -0.39 is 0 Å². The number of carbonyl (C=O) groups is 1. The number of hydrogen-bond donors (Lipinski definition) is 2. The van der Waals surface area contributed by atoms with Crippen LogP contribution in [0.2, 0.25) is 0 Å². The minimum Gasteiger partial charge on any atom is -0.345 e. The molecule has 0 saturated carbocycles. The highest BCUT2D eigenvalue weighted by atomic mass is 16.1. The molecule has 0 atom stereocenters. The highest BCUT2D eigenvalue weighted by Crippen LogP contribution is 2.04. The van der Waals surface area contributed by atoms with Gasteiger partial charge in [-0.2, -0.15) is 0 Å². The maximum absolute atomic E-state index is 12.2. The van der Waals surface area contributed by atoms with Gasteiger partial charge in [-0.05, 0) is 25.1 Å². The van der Waals surface area contributed by atoms with E-state index in [0.29, 0.717) is 17.9 Å². The zero-order valence-corrected chi connectivity index (χ0v) is 11.6. The van der Waals surface area contributed by atoms with Gasteiger partial charge in [0.15, 0.2) is 0 Å². The van der Waals surface area contributed by atoms with Gasteiger partial charge < -0.3 is 11.1 Å². The second-order valence-corrected chi connectivity index (χ2v) is 4.18. The summed E-state index contributed by atoms with van der Waals surface area (Å²) in [6.07, 6.45) is 3.21. The number of pyridine rings is 1. The molecule has 1 amide bonds. The van der Waals surface area contributed by atoms with Gasteiger partial charge in [0, 0.05) is 12.4 Å². The van der Waals surface area contributed by atoms with Gasteiger partial charge in [-0.25, -0.2) is 15.0 Å². The average molecular weight is 281 g/mol. The topological polar surface area (TPSA) is 93.8 Å². The summed E-state index contributed by atoms with van der Waals surface area (Å²) in [6.45, 7) is 2.34. The molecule has 2 heterocycles. The monoisotopic (exact) mass is 281 g/mol. The molecule has 6 heteroatoms. The van der Waals surface area contributed by atoms with E-state index in [1.165, 1.54) is 0 Å². The lowest BCUT2D eigenvalue weighted by atomic mass is 10.2. The minimum absolute atomic E-state index is 0.232. The van der Waals surface area contributed by atoms with Crippen LogP contribution in [0.5, 0.6) is 0 Å². The van der Waals surface area contributed by atoms with Gasteiger partial charge in [0.05, 0.1) is 24.3 Å². The number of amides is 1. The third kappa shape index (κ3) is 4.09. The number of aromatic nitrogens is 3. The Hall–Kier alpha value is -2.78. The molecule has 0 spiro atoms. The Labute approximate surface area is 122 Å². The number of carbonyl (C=O) groups excluding carboxylic acids is 1. The molecular formula is C15H15N5O. The quantitative estimate of drug-likeness (QED) is 0.795. The number of nitrogens with one attached hydrogen (secondary N) is 1. The molecular weight excluding hydrogens is 266 g/mol. The molecule has 0 fully saturated rings. The van der Waals surface area contributed by atoms with Gasteiger partial charge in [-0.3, -0.25) is 4.79 Å². The Balaban J connectivity index is 2.10. The van der Waals surface area contributed by atoms with Crippen molar-refractivity contribution >= 4 is 5.91 Å². The van der Waals surface area contributed by atoms with Gasteiger partial charge >= 0.3 is 0 Å². The first-order chi connectivity index (χ1) is 10.2. The molecule has 0 radical (unpaired) electrons. The van der Waals surface area contributed by atoms with E-state index in [1.807, 2.05) is 0 Å². The highest BCUT2D eigenvalue weighted by Gasteiger charge is 2.11. The predicted molar refractivity (Wildman–Crippen MR) is 78.1 cm³/mol. The third-order valence-electron chi connectivity index (χ3n) is 2.61. The van der Waals surface area contributed by atoms with Crippen molar-refractivity contribution in [2.75, 3.05) is 6.54 Å². The Morgan fingerprint density at radius 3 is 2.95 bits per heavy atom. The van der Waals surface area contributed by atoms with Crippen LogP contribution < -0.4 is 11.1 Å². The standard InChI is InChI=1S/C15H15N5O/c1-11-17-9-6-13(20-11)10-19-15(21)14-12(4-2-7-16)5-3-8-18-14/h3,5-6,8-9H,7,10,16H2,1H3,(H,19,21). The smallest absolute Gasteiger partial charge is 0.271 e. The van der Waals surface area contributed by atoms with Crippen LogP contribution in [-0.2, 0) is 6.54 Å².